The molecule has 3 aromatic heterocycles. The standard InChI is InChI=1S/C19H17N5/c1-14-2-4-16(5-3-14)17-13-22-19-7-6-18(23-24(17)19)21-12-15-8-10-20-11-9-15/h2-11,13H,12H2,1H3,(H,21,23). The van der Waals surface area contributed by atoms with Crippen molar-refractivity contribution in [2.24, 2.45) is 0 Å². The van der Waals surface area contributed by atoms with E-state index in [1.807, 2.05) is 35.0 Å². The number of fused-ring (bicyclic) bond motifs is 1. The van der Waals surface area contributed by atoms with Gasteiger partial charge in [0, 0.05) is 24.5 Å². The normalized spacial score (nSPS) is 10.9. The van der Waals surface area contributed by atoms with Gasteiger partial charge in [0.05, 0.1) is 11.9 Å². The fourth-order valence-corrected chi connectivity index (χ4v) is 2.58. The summed E-state index contributed by atoms with van der Waals surface area (Å²) in [6, 6.07) is 16.3. The molecule has 0 saturated carbocycles. The summed E-state index contributed by atoms with van der Waals surface area (Å²) in [5, 5.41) is 8.02. The number of anilines is 1. The maximum absolute atomic E-state index is 4.68. The average Bonchev–Trinajstić information content (AvgIpc) is 3.05. The van der Waals surface area contributed by atoms with Crippen molar-refractivity contribution < 1.29 is 0 Å². The first-order chi connectivity index (χ1) is 11.8. The first-order valence-electron chi connectivity index (χ1n) is 7.84. The Morgan fingerprint density at radius 2 is 1.75 bits per heavy atom. The third-order valence-corrected chi connectivity index (χ3v) is 3.93. The molecular formula is C19H17N5. The van der Waals surface area contributed by atoms with Crippen molar-refractivity contribution in [1.82, 2.24) is 19.6 Å². The summed E-state index contributed by atoms with van der Waals surface area (Å²) in [5.41, 5.74) is 5.32. The molecule has 0 atom stereocenters. The number of pyridine rings is 1. The highest BCUT2D eigenvalue weighted by Crippen LogP contribution is 2.21. The quantitative estimate of drug-likeness (QED) is 0.624. The van der Waals surface area contributed by atoms with Crippen LogP contribution in [0.25, 0.3) is 16.9 Å². The molecule has 4 aromatic rings. The molecule has 1 aromatic carbocycles. The van der Waals surface area contributed by atoms with E-state index in [4.69, 9.17) is 0 Å². The van der Waals surface area contributed by atoms with Crippen LogP contribution in [-0.2, 0) is 6.54 Å². The number of benzene rings is 1. The molecule has 0 amide bonds. The Morgan fingerprint density at radius 1 is 0.958 bits per heavy atom. The lowest BCUT2D eigenvalue weighted by molar-refractivity contribution is 0.930. The van der Waals surface area contributed by atoms with Crippen LogP contribution in [0.5, 0.6) is 0 Å². The third-order valence-electron chi connectivity index (χ3n) is 3.93. The van der Waals surface area contributed by atoms with Crippen molar-refractivity contribution in [2.75, 3.05) is 5.32 Å². The largest absolute Gasteiger partial charge is 0.365 e. The van der Waals surface area contributed by atoms with Crippen LogP contribution in [0.1, 0.15) is 11.1 Å². The van der Waals surface area contributed by atoms with Gasteiger partial charge in [-0.05, 0) is 36.8 Å². The second-order valence-electron chi connectivity index (χ2n) is 5.71. The topological polar surface area (TPSA) is 55.1 Å². The summed E-state index contributed by atoms with van der Waals surface area (Å²) in [5.74, 6) is 0.811. The molecule has 0 aliphatic carbocycles. The molecule has 0 aliphatic heterocycles. The van der Waals surface area contributed by atoms with Gasteiger partial charge in [0.15, 0.2) is 5.65 Å². The Morgan fingerprint density at radius 3 is 2.54 bits per heavy atom. The molecule has 3 heterocycles. The van der Waals surface area contributed by atoms with E-state index in [9.17, 15) is 0 Å². The second kappa shape index (κ2) is 6.12. The van der Waals surface area contributed by atoms with E-state index in [0.29, 0.717) is 6.54 Å². The first kappa shape index (κ1) is 14.4. The highest BCUT2D eigenvalue weighted by molar-refractivity contribution is 5.63. The minimum absolute atomic E-state index is 0.704. The Balaban J connectivity index is 1.64. The lowest BCUT2D eigenvalue weighted by atomic mass is 10.1. The van der Waals surface area contributed by atoms with Gasteiger partial charge in [-0.2, -0.15) is 0 Å². The second-order valence-corrected chi connectivity index (χ2v) is 5.71. The van der Waals surface area contributed by atoms with Crippen LogP contribution in [0.3, 0.4) is 0 Å². The number of nitrogens with zero attached hydrogens (tertiary/aromatic N) is 4. The fourth-order valence-electron chi connectivity index (χ4n) is 2.58. The van der Waals surface area contributed by atoms with Crippen molar-refractivity contribution in [1.29, 1.82) is 0 Å². The van der Waals surface area contributed by atoms with Crippen LogP contribution < -0.4 is 5.32 Å². The molecule has 0 saturated heterocycles. The fraction of sp³-hybridized carbons (Fsp3) is 0.105. The summed E-state index contributed by atoms with van der Waals surface area (Å²) in [4.78, 5) is 8.47. The van der Waals surface area contributed by atoms with E-state index in [0.717, 1.165) is 28.3 Å². The number of hydrogen-bond donors (Lipinski definition) is 1. The number of hydrogen-bond acceptors (Lipinski definition) is 4. The number of aryl methyl sites for hydroxylation is 1. The van der Waals surface area contributed by atoms with Gasteiger partial charge in [0.1, 0.15) is 5.82 Å². The molecule has 5 heteroatoms. The summed E-state index contributed by atoms with van der Waals surface area (Å²) in [7, 11) is 0. The van der Waals surface area contributed by atoms with Gasteiger partial charge < -0.3 is 5.32 Å². The van der Waals surface area contributed by atoms with Crippen LogP contribution in [0.4, 0.5) is 5.82 Å². The molecule has 5 nitrogen and oxygen atoms in total. The van der Waals surface area contributed by atoms with Crippen molar-refractivity contribution in [3.63, 3.8) is 0 Å². The number of aromatic nitrogens is 4. The van der Waals surface area contributed by atoms with Gasteiger partial charge in [-0.3, -0.25) is 4.98 Å². The maximum Gasteiger partial charge on any atom is 0.154 e. The predicted molar refractivity (Wildman–Crippen MR) is 94.7 cm³/mol. The third kappa shape index (κ3) is 2.84. The van der Waals surface area contributed by atoms with Crippen molar-refractivity contribution >= 4 is 11.5 Å². The summed E-state index contributed by atoms with van der Waals surface area (Å²) >= 11 is 0. The predicted octanol–water partition coefficient (Wildman–Crippen LogP) is 3.71. The molecule has 4 rings (SSSR count). The minimum atomic E-state index is 0.704. The van der Waals surface area contributed by atoms with E-state index < -0.39 is 0 Å². The lowest BCUT2D eigenvalue weighted by Crippen LogP contribution is -2.04. The van der Waals surface area contributed by atoms with Gasteiger partial charge >= 0.3 is 0 Å². The molecule has 118 valence electrons. The summed E-state index contributed by atoms with van der Waals surface area (Å²) < 4.78 is 1.87. The SMILES string of the molecule is Cc1ccc(-c2cnc3ccc(NCc4ccncc4)nn23)cc1. The molecule has 0 radical (unpaired) electrons. The Bertz CT molecular complexity index is 958. The smallest absolute Gasteiger partial charge is 0.154 e. The number of imidazole rings is 1. The Kier molecular flexibility index (Phi) is 3.67. The van der Waals surface area contributed by atoms with Crippen LogP contribution in [0, 0.1) is 6.92 Å². The van der Waals surface area contributed by atoms with E-state index in [-0.39, 0.29) is 0 Å². The average molecular weight is 315 g/mol. The molecule has 0 spiro atoms. The molecule has 0 bridgehead atoms. The van der Waals surface area contributed by atoms with Gasteiger partial charge in [-0.1, -0.05) is 29.8 Å². The molecule has 0 unspecified atom stereocenters. The van der Waals surface area contributed by atoms with E-state index in [1.165, 1.54) is 5.56 Å². The van der Waals surface area contributed by atoms with E-state index in [2.05, 4.69) is 51.6 Å². The minimum Gasteiger partial charge on any atom is -0.365 e. The zero-order valence-electron chi connectivity index (χ0n) is 13.3. The van der Waals surface area contributed by atoms with Crippen LogP contribution in [0.15, 0.2) is 67.1 Å². The van der Waals surface area contributed by atoms with Gasteiger partial charge in [-0.25, -0.2) is 9.50 Å². The Hall–Kier alpha value is -3.21. The van der Waals surface area contributed by atoms with E-state index >= 15 is 0 Å². The van der Waals surface area contributed by atoms with Crippen LogP contribution in [0.2, 0.25) is 0 Å². The molecule has 1 N–H and O–H groups in total. The van der Waals surface area contributed by atoms with E-state index in [1.54, 1.807) is 12.4 Å². The van der Waals surface area contributed by atoms with Crippen LogP contribution >= 0.6 is 0 Å². The van der Waals surface area contributed by atoms with Gasteiger partial charge in [0.25, 0.3) is 0 Å². The monoisotopic (exact) mass is 315 g/mol. The highest BCUT2D eigenvalue weighted by atomic mass is 15.3. The lowest BCUT2D eigenvalue weighted by Gasteiger charge is -2.07. The molecular weight excluding hydrogens is 298 g/mol. The zero-order valence-corrected chi connectivity index (χ0v) is 13.3. The van der Waals surface area contributed by atoms with Gasteiger partial charge in [0.2, 0.25) is 0 Å². The number of nitrogens with one attached hydrogen (secondary N) is 1. The van der Waals surface area contributed by atoms with Crippen molar-refractivity contribution in [3.05, 3.63) is 78.2 Å². The number of rotatable bonds is 4. The molecule has 24 heavy (non-hydrogen) atoms. The van der Waals surface area contributed by atoms with Crippen LogP contribution in [-0.4, -0.2) is 19.6 Å². The van der Waals surface area contributed by atoms with Gasteiger partial charge in [-0.15, -0.1) is 5.10 Å². The summed E-state index contributed by atoms with van der Waals surface area (Å²) in [6.07, 6.45) is 5.44. The zero-order chi connectivity index (χ0) is 16.4. The maximum atomic E-state index is 4.68. The highest BCUT2D eigenvalue weighted by Gasteiger charge is 2.08. The summed E-state index contributed by atoms with van der Waals surface area (Å²) in [6.45, 7) is 2.78. The van der Waals surface area contributed by atoms with Crippen molar-refractivity contribution in [2.45, 2.75) is 13.5 Å². The van der Waals surface area contributed by atoms with Crippen molar-refractivity contribution in [3.8, 4) is 11.3 Å². The Labute approximate surface area is 140 Å². The molecule has 0 aliphatic rings. The first-order valence-corrected chi connectivity index (χ1v) is 7.84. The molecule has 0 fully saturated rings.